The number of nitrogens with one attached hydrogen (secondary N) is 1. The summed E-state index contributed by atoms with van der Waals surface area (Å²) >= 11 is 0. The van der Waals surface area contributed by atoms with Crippen molar-refractivity contribution in [3.05, 3.63) is 114 Å². The Labute approximate surface area is 206 Å². The van der Waals surface area contributed by atoms with Gasteiger partial charge in [-0.15, -0.1) is 0 Å². The first-order valence-corrected chi connectivity index (χ1v) is 12.4. The highest BCUT2D eigenvalue weighted by Gasteiger charge is 2.59. The fourth-order valence-electron chi connectivity index (χ4n) is 6.27. The number of ether oxygens (including phenoxy) is 1. The van der Waals surface area contributed by atoms with Gasteiger partial charge < -0.3 is 15.0 Å². The SMILES string of the molecule is CC1(C)c2ccccc2N(Cc2ccccc2)C12COc1c(c3ccccc3c3ccccc13)N2. The van der Waals surface area contributed by atoms with E-state index in [9.17, 15) is 0 Å². The number of fused-ring (bicyclic) bond motifs is 7. The lowest BCUT2D eigenvalue weighted by molar-refractivity contribution is 0.161. The molecule has 2 heterocycles. The van der Waals surface area contributed by atoms with Gasteiger partial charge >= 0.3 is 0 Å². The maximum atomic E-state index is 6.81. The zero-order valence-corrected chi connectivity index (χ0v) is 20.1. The summed E-state index contributed by atoms with van der Waals surface area (Å²) in [5.41, 5.74) is 4.36. The van der Waals surface area contributed by atoms with Gasteiger partial charge in [0.1, 0.15) is 6.61 Å². The molecule has 1 spiro atoms. The van der Waals surface area contributed by atoms with Crippen molar-refractivity contribution in [1.82, 2.24) is 0 Å². The van der Waals surface area contributed by atoms with Crippen LogP contribution in [0.2, 0.25) is 0 Å². The van der Waals surface area contributed by atoms with E-state index in [0.29, 0.717) is 6.61 Å². The second-order valence-electron chi connectivity index (χ2n) is 10.3. The number of rotatable bonds is 2. The first-order valence-electron chi connectivity index (χ1n) is 12.4. The third-order valence-corrected chi connectivity index (χ3v) is 8.19. The van der Waals surface area contributed by atoms with Crippen LogP contribution in [0.25, 0.3) is 21.5 Å². The number of hydrogen-bond donors (Lipinski definition) is 1. The van der Waals surface area contributed by atoms with Crippen LogP contribution in [0, 0.1) is 0 Å². The van der Waals surface area contributed by atoms with E-state index < -0.39 is 5.66 Å². The molecule has 7 rings (SSSR count). The molecule has 0 aromatic heterocycles. The lowest BCUT2D eigenvalue weighted by atomic mass is 9.75. The van der Waals surface area contributed by atoms with Gasteiger partial charge in [-0.25, -0.2) is 0 Å². The molecule has 1 unspecified atom stereocenters. The minimum atomic E-state index is -0.440. The highest BCUT2D eigenvalue weighted by Crippen LogP contribution is 2.56. The van der Waals surface area contributed by atoms with Crippen molar-refractivity contribution in [2.45, 2.75) is 31.5 Å². The number of nitrogens with zero attached hydrogens (tertiary/aromatic N) is 1. The summed E-state index contributed by atoms with van der Waals surface area (Å²) in [7, 11) is 0. The summed E-state index contributed by atoms with van der Waals surface area (Å²) in [5.74, 6) is 0.955. The largest absolute Gasteiger partial charge is 0.486 e. The molecule has 0 fully saturated rings. The Morgan fingerprint density at radius 3 is 2.09 bits per heavy atom. The van der Waals surface area contributed by atoms with Gasteiger partial charge in [0.05, 0.1) is 5.69 Å². The normalized spacial score (nSPS) is 19.9. The lowest BCUT2D eigenvalue weighted by Gasteiger charge is -2.51. The monoisotopic (exact) mass is 456 g/mol. The van der Waals surface area contributed by atoms with Gasteiger partial charge in [-0.3, -0.25) is 0 Å². The molecule has 35 heavy (non-hydrogen) atoms. The van der Waals surface area contributed by atoms with E-state index in [1.807, 2.05) is 0 Å². The van der Waals surface area contributed by atoms with E-state index in [1.165, 1.54) is 33.0 Å². The molecular weight excluding hydrogens is 428 g/mol. The molecule has 172 valence electrons. The Morgan fingerprint density at radius 2 is 1.31 bits per heavy atom. The number of anilines is 2. The van der Waals surface area contributed by atoms with Crippen molar-refractivity contribution >= 4 is 32.9 Å². The number of hydrogen-bond acceptors (Lipinski definition) is 3. The van der Waals surface area contributed by atoms with Gasteiger partial charge in [0, 0.05) is 28.4 Å². The molecule has 0 amide bonds. The first kappa shape index (κ1) is 20.4. The molecule has 1 atom stereocenters. The molecule has 0 radical (unpaired) electrons. The van der Waals surface area contributed by atoms with Gasteiger partial charge in [-0.05, 0) is 28.0 Å². The molecule has 1 N–H and O–H groups in total. The fraction of sp³-hybridized carbons (Fsp3) is 0.188. The van der Waals surface area contributed by atoms with Crippen LogP contribution < -0.4 is 15.0 Å². The maximum Gasteiger partial charge on any atom is 0.155 e. The average molecular weight is 457 g/mol. The predicted molar refractivity (Wildman–Crippen MR) is 145 cm³/mol. The Hall–Kier alpha value is -3.98. The van der Waals surface area contributed by atoms with Crippen LogP contribution in [0.4, 0.5) is 11.4 Å². The molecule has 0 saturated carbocycles. The summed E-state index contributed by atoms with van der Waals surface area (Å²) in [6.45, 7) is 6.05. The first-order chi connectivity index (χ1) is 17.1. The number of benzene rings is 5. The minimum absolute atomic E-state index is 0.192. The topological polar surface area (TPSA) is 24.5 Å². The standard InChI is InChI=1S/C32H28N2O/c1-31(2)27-18-10-11-19-28(27)34(20-22-12-4-3-5-13-22)32(31)21-35-30-26-17-9-7-15-24(26)23-14-6-8-16-25(23)29(30)33-32/h3-19,33H,20-21H2,1-2H3. The van der Waals surface area contributed by atoms with Crippen LogP contribution in [0.5, 0.6) is 5.75 Å². The van der Waals surface area contributed by atoms with Crippen LogP contribution in [0.15, 0.2) is 103 Å². The van der Waals surface area contributed by atoms with Crippen molar-refractivity contribution in [2.75, 3.05) is 16.8 Å². The van der Waals surface area contributed by atoms with Crippen LogP contribution in [0.1, 0.15) is 25.0 Å². The fourth-order valence-corrected chi connectivity index (χ4v) is 6.27. The molecule has 0 aliphatic carbocycles. The third-order valence-electron chi connectivity index (χ3n) is 8.19. The second kappa shape index (κ2) is 7.26. The van der Waals surface area contributed by atoms with E-state index in [2.05, 4.69) is 127 Å². The molecule has 2 aliphatic heterocycles. The molecule has 0 saturated heterocycles. The van der Waals surface area contributed by atoms with Gasteiger partial charge in [-0.2, -0.15) is 0 Å². The van der Waals surface area contributed by atoms with Gasteiger partial charge in [0.15, 0.2) is 11.4 Å². The molecule has 3 nitrogen and oxygen atoms in total. The minimum Gasteiger partial charge on any atom is -0.486 e. The highest BCUT2D eigenvalue weighted by molar-refractivity contribution is 6.17. The highest BCUT2D eigenvalue weighted by atomic mass is 16.5. The van der Waals surface area contributed by atoms with Crippen LogP contribution in [-0.2, 0) is 12.0 Å². The van der Waals surface area contributed by atoms with E-state index in [-0.39, 0.29) is 5.41 Å². The van der Waals surface area contributed by atoms with Gasteiger partial charge in [-0.1, -0.05) is 111 Å². The van der Waals surface area contributed by atoms with Crippen molar-refractivity contribution in [2.24, 2.45) is 0 Å². The molecule has 0 bridgehead atoms. The van der Waals surface area contributed by atoms with Crippen molar-refractivity contribution < 1.29 is 4.74 Å². The maximum absolute atomic E-state index is 6.81. The molecule has 2 aliphatic rings. The van der Waals surface area contributed by atoms with Crippen molar-refractivity contribution in [3.63, 3.8) is 0 Å². The molecular formula is C32H28N2O. The molecule has 5 aromatic carbocycles. The summed E-state index contributed by atoms with van der Waals surface area (Å²) in [4.78, 5) is 2.53. The summed E-state index contributed by atoms with van der Waals surface area (Å²) in [6, 6.07) is 36.8. The van der Waals surface area contributed by atoms with Gasteiger partial charge in [0.2, 0.25) is 0 Å². The van der Waals surface area contributed by atoms with E-state index in [4.69, 9.17) is 4.74 Å². The Kier molecular flexibility index (Phi) is 4.23. The number of para-hydroxylation sites is 1. The van der Waals surface area contributed by atoms with Crippen LogP contribution in [-0.4, -0.2) is 12.3 Å². The Morgan fingerprint density at radius 1 is 0.714 bits per heavy atom. The molecule has 3 heteroatoms. The lowest BCUT2D eigenvalue weighted by Crippen LogP contribution is -2.66. The summed E-state index contributed by atoms with van der Waals surface area (Å²) in [6.07, 6.45) is 0. The molecule has 5 aromatic rings. The van der Waals surface area contributed by atoms with Crippen LogP contribution in [0.3, 0.4) is 0 Å². The quantitative estimate of drug-likeness (QED) is 0.279. The third kappa shape index (κ3) is 2.72. The van der Waals surface area contributed by atoms with Crippen LogP contribution >= 0.6 is 0 Å². The van der Waals surface area contributed by atoms with Crippen molar-refractivity contribution in [1.29, 1.82) is 0 Å². The Bertz CT molecular complexity index is 1590. The Balaban J connectivity index is 1.47. The average Bonchev–Trinajstić information content (AvgIpc) is 3.08. The second-order valence-corrected chi connectivity index (χ2v) is 10.3. The zero-order chi connectivity index (χ0) is 23.6. The van der Waals surface area contributed by atoms with E-state index in [0.717, 1.165) is 23.4 Å². The van der Waals surface area contributed by atoms with E-state index in [1.54, 1.807) is 0 Å². The summed E-state index contributed by atoms with van der Waals surface area (Å²) < 4.78 is 6.81. The zero-order valence-electron chi connectivity index (χ0n) is 20.1. The van der Waals surface area contributed by atoms with E-state index >= 15 is 0 Å². The smallest absolute Gasteiger partial charge is 0.155 e. The van der Waals surface area contributed by atoms with Gasteiger partial charge in [0.25, 0.3) is 0 Å². The predicted octanol–water partition coefficient (Wildman–Crippen LogP) is 7.49. The van der Waals surface area contributed by atoms with Crippen molar-refractivity contribution in [3.8, 4) is 5.75 Å². The summed E-state index contributed by atoms with van der Waals surface area (Å²) in [5, 5.41) is 8.95.